The van der Waals surface area contributed by atoms with Crippen molar-refractivity contribution in [2.45, 2.75) is 6.92 Å². The molecule has 0 amide bonds. The Morgan fingerprint density at radius 2 is 2.10 bits per heavy atom. The molecule has 9 nitrogen and oxygen atoms in total. The molecule has 0 saturated carbocycles. The van der Waals surface area contributed by atoms with Crippen molar-refractivity contribution >= 4 is 18.0 Å². The molecule has 1 aromatic rings. The lowest BCUT2D eigenvalue weighted by atomic mass is 10.1. The van der Waals surface area contributed by atoms with Crippen molar-refractivity contribution in [3.8, 4) is 11.5 Å². The second kappa shape index (κ2) is 6.73. The van der Waals surface area contributed by atoms with Gasteiger partial charge < -0.3 is 9.84 Å². The van der Waals surface area contributed by atoms with Gasteiger partial charge in [0.1, 0.15) is 5.75 Å². The Morgan fingerprint density at radius 3 is 2.65 bits per heavy atom. The van der Waals surface area contributed by atoms with Crippen LogP contribution in [0.4, 0.5) is 0 Å². The van der Waals surface area contributed by atoms with Crippen LogP contribution in [0.1, 0.15) is 12.5 Å². The highest BCUT2D eigenvalue weighted by molar-refractivity contribution is 5.86. The molecule has 0 aliphatic rings. The first-order chi connectivity index (χ1) is 9.38. The molecule has 0 bridgehead atoms. The smallest absolute Gasteiger partial charge is 0.331 e. The number of aliphatic carboxylic acids is 1. The number of nitrogens with zero attached hydrogens (tertiary/aromatic N) is 1. The van der Waals surface area contributed by atoms with E-state index in [-0.39, 0.29) is 17.1 Å². The van der Waals surface area contributed by atoms with Crippen molar-refractivity contribution in [1.82, 2.24) is 0 Å². The van der Waals surface area contributed by atoms with E-state index in [0.29, 0.717) is 0 Å². The van der Waals surface area contributed by atoms with E-state index in [4.69, 9.17) is 9.84 Å². The summed E-state index contributed by atoms with van der Waals surface area (Å²) >= 11 is 0. The van der Waals surface area contributed by atoms with Gasteiger partial charge in [-0.25, -0.2) is 4.79 Å². The summed E-state index contributed by atoms with van der Waals surface area (Å²) in [7, 11) is 0. The molecular formula is C11H9NO8. The number of benzene rings is 1. The van der Waals surface area contributed by atoms with Crippen LogP contribution in [-0.4, -0.2) is 22.1 Å². The zero-order valence-corrected chi connectivity index (χ0v) is 10.1. The highest BCUT2D eigenvalue weighted by atomic mass is 17.3. The van der Waals surface area contributed by atoms with Crippen molar-refractivity contribution in [3.63, 3.8) is 0 Å². The fourth-order valence-electron chi connectivity index (χ4n) is 1.19. The van der Waals surface area contributed by atoms with Gasteiger partial charge in [0, 0.05) is 18.6 Å². The summed E-state index contributed by atoms with van der Waals surface area (Å²) in [6.07, 6.45) is 1.89. The second-order valence-corrected chi connectivity index (χ2v) is 3.35. The van der Waals surface area contributed by atoms with E-state index in [2.05, 4.69) is 9.88 Å². The zero-order chi connectivity index (χ0) is 15.1. The Hall–Kier alpha value is -3.10. The highest BCUT2D eigenvalue weighted by Gasteiger charge is 2.08. The Morgan fingerprint density at radius 1 is 1.40 bits per heavy atom. The molecule has 1 rings (SSSR count). The number of carbonyl (C=O) groups excluding carboxylic acids is 1. The molecule has 1 aromatic carbocycles. The van der Waals surface area contributed by atoms with Gasteiger partial charge in [0.25, 0.3) is 0 Å². The van der Waals surface area contributed by atoms with E-state index >= 15 is 0 Å². The maximum absolute atomic E-state index is 10.8. The number of rotatable bonds is 6. The van der Waals surface area contributed by atoms with Gasteiger partial charge in [-0.3, -0.25) is 9.68 Å². The topological polar surface area (TPSA) is 125 Å². The molecule has 0 aliphatic carbocycles. The molecule has 20 heavy (non-hydrogen) atoms. The van der Waals surface area contributed by atoms with E-state index in [1.54, 1.807) is 0 Å². The number of hydrogen-bond acceptors (Lipinski definition) is 7. The fraction of sp³-hybridized carbons (Fsp3) is 0.0909. The quantitative estimate of drug-likeness (QED) is 0.206. The van der Waals surface area contributed by atoms with E-state index in [0.717, 1.165) is 12.2 Å². The standard InChI is InChI=1S/C11H9NO8/c1-7(13)18-9-3-4-10(19-20-12(16)17)8(6-9)2-5-11(14)15/h2-6H,1H3,(H,14,15)/b5-2+. The Labute approximate surface area is 112 Å². The number of carbonyl (C=O) groups is 2. The van der Waals surface area contributed by atoms with Crippen LogP contribution in [0.2, 0.25) is 0 Å². The third-order valence-electron chi connectivity index (χ3n) is 1.84. The van der Waals surface area contributed by atoms with Crippen LogP contribution in [0, 0.1) is 10.1 Å². The monoisotopic (exact) mass is 283 g/mol. The van der Waals surface area contributed by atoms with Crippen molar-refractivity contribution in [2.24, 2.45) is 0 Å². The largest absolute Gasteiger partial charge is 0.478 e. The zero-order valence-electron chi connectivity index (χ0n) is 10.1. The van der Waals surface area contributed by atoms with Crippen molar-refractivity contribution in [2.75, 3.05) is 0 Å². The SMILES string of the molecule is CC(=O)Oc1ccc(OO[N+](=O)[O-])c(/C=C/C(=O)O)c1. The van der Waals surface area contributed by atoms with Gasteiger partial charge in [0.2, 0.25) is 0 Å². The highest BCUT2D eigenvalue weighted by Crippen LogP contribution is 2.26. The summed E-state index contributed by atoms with van der Waals surface area (Å²) in [6, 6.07) is 3.79. The lowest BCUT2D eigenvalue weighted by Crippen LogP contribution is -2.06. The Kier molecular flexibility index (Phi) is 5.03. The maximum atomic E-state index is 10.8. The van der Waals surface area contributed by atoms with E-state index in [9.17, 15) is 19.7 Å². The molecule has 0 fully saturated rings. The summed E-state index contributed by atoms with van der Waals surface area (Å²) < 4.78 is 4.79. The normalized spacial score (nSPS) is 10.1. The Bertz CT molecular complexity index is 566. The molecule has 1 N–H and O–H groups in total. The number of esters is 1. The van der Waals surface area contributed by atoms with Gasteiger partial charge in [-0.2, -0.15) is 0 Å². The summed E-state index contributed by atoms with van der Waals surface area (Å²) in [4.78, 5) is 39.4. The number of carboxylic acids is 1. The minimum atomic E-state index is -1.23. The van der Waals surface area contributed by atoms with Crippen LogP contribution in [0.5, 0.6) is 11.5 Å². The van der Waals surface area contributed by atoms with Crippen LogP contribution in [0.25, 0.3) is 6.08 Å². The van der Waals surface area contributed by atoms with E-state index in [1.165, 1.54) is 25.1 Å². The summed E-state index contributed by atoms with van der Waals surface area (Å²) in [5, 5.41) is 17.4. The molecule has 0 aromatic heterocycles. The number of ether oxygens (including phenoxy) is 1. The van der Waals surface area contributed by atoms with Gasteiger partial charge in [-0.1, -0.05) is 4.99 Å². The van der Waals surface area contributed by atoms with Gasteiger partial charge in [0.15, 0.2) is 5.75 Å². The minimum Gasteiger partial charge on any atom is -0.478 e. The minimum absolute atomic E-state index is 0.116. The van der Waals surface area contributed by atoms with Crippen LogP contribution in [-0.2, 0) is 14.6 Å². The lowest BCUT2D eigenvalue weighted by molar-refractivity contribution is -0.832. The Balaban J connectivity index is 3.05. The van der Waals surface area contributed by atoms with Crippen LogP contribution in [0.15, 0.2) is 24.3 Å². The molecule has 0 heterocycles. The maximum Gasteiger partial charge on any atom is 0.331 e. The number of hydrogen-bond donors (Lipinski definition) is 1. The van der Waals surface area contributed by atoms with Crippen LogP contribution in [0.3, 0.4) is 0 Å². The van der Waals surface area contributed by atoms with Crippen LogP contribution >= 0.6 is 0 Å². The first-order valence-corrected chi connectivity index (χ1v) is 5.11. The first kappa shape index (κ1) is 15.0. The molecule has 0 radical (unpaired) electrons. The predicted octanol–water partition coefficient (Wildman–Crippen LogP) is 1.21. The van der Waals surface area contributed by atoms with Crippen LogP contribution < -0.4 is 9.62 Å². The predicted molar refractivity (Wildman–Crippen MR) is 63.1 cm³/mol. The molecule has 0 atom stereocenters. The fourth-order valence-corrected chi connectivity index (χ4v) is 1.19. The molecule has 9 heteroatoms. The molecular weight excluding hydrogens is 274 g/mol. The molecule has 0 saturated heterocycles. The second-order valence-electron chi connectivity index (χ2n) is 3.35. The number of carboxylic acid groups (broad SMARTS) is 1. The van der Waals surface area contributed by atoms with E-state index in [1.807, 2.05) is 0 Å². The van der Waals surface area contributed by atoms with Gasteiger partial charge in [0.05, 0.1) is 0 Å². The van der Waals surface area contributed by atoms with Crippen molar-refractivity contribution in [1.29, 1.82) is 0 Å². The third-order valence-corrected chi connectivity index (χ3v) is 1.84. The average molecular weight is 283 g/mol. The van der Waals surface area contributed by atoms with Crippen molar-refractivity contribution in [3.05, 3.63) is 40.0 Å². The summed E-state index contributed by atoms with van der Waals surface area (Å²) in [6.45, 7) is 1.19. The molecule has 0 aliphatic heterocycles. The first-order valence-electron chi connectivity index (χ1n) is 5.11. The van der Waals surface area contributed by atoms with Gasteiger partial charge >= 0.3 is 17.0 Å². The third kappa shape index (κ3) is 5.04. The lowest BCUT2D eigenvalue weighted by Gasteiger charge is -2.07. The summed E-state index contributed by atoms with van der Waals surface area (Å²) in [5.74, 6) is -1.80. The molecule has 106 valence electrons. The summed E-state index contributed by atoms with van der Waals surface area (Å²) in [5.41, 5.74) is 0.119. The van der Waals surface area contributed by atoms with E-state index < -0.39 is 17.0 Å². The van der Waals surface area contributed by atoms with Gasteiger partial charge in [-0.05, 0) is 24.3 Å². The van der Waals surface area contributed by atoms with Crippen molar-refractivity contribution < 1.29 is 34.4 Å². The average Bonchev–Trinajstić information content (AvgIpc) is 2.34. The molecule has 0 unspecified atom stereocenters. The molecule has 0 spiro atoms. The van der Waals surface area contributed by atoms with Gasteiger partial charge in [-0.15, -0.1) is 10.1 Å².